The van der Waals surface area contributed by atoms with Crippen molar-refractivity contribution in [3.8, 4) is 5.75 Å². The van der Waals surface area contributed by atoms with Crippen LogP contribution in [-0.4, -0.2) is 18.7 Å². The Bertz CT molecular complexity index is 495. The van der Waals surface area contributed by atoms with Gasteiger partial charge in [-0.3, -0.25) is 10.1 Å². The van der Waals surface area contributed by atoms with Crippen LogP contribution < -0.4 is 10.1 Å². The molecule has 1 aliphatic rings. The van der Waals surface area contributed by atoms with Gasteiger partial charge in [-0.15, -0.1) is 0 Å². The first-order valence-electron chi connectivity index (χ1n) is 7.42. The van der Waals surface area contributed by atoms with E-state index in [0.29, 0.717) is 30.4 Å². The van der Waals surface area contributed by atoms with Gasteiger partial charge < -0.3 is 9.47 Å². The average molecular weight is 291 g/mol. The largest absolute Gasteiger partial charge is 0.450 e. The van der Waals surface area contributed by atoms with Crippen molar-refractivity contribution >= 4 is 17.7 Å². The average Bonchev–Trinajstić information content (AvgIpc) is 2.92. The number of benzene rings is 1. The summed E-state index contributed by atoms with van der Waals surface area (Å²) in [6.45, 7) is 2.04. The highest BCUT2D eigenvalue weighted by molar-refractivity contribution is 5.85. The van der Waals surface area contributed by atoms with Crippen molar-refractivity contribution in [3.63, 3.8) is 0 Å². The molecule has 5 nitrogen and oxygen atoms in total. The van der Waals surface area contributed by atoms with Gasteiger partial charge in [-0.2, -0.15) is 0 Å². The van der Waals surface area contributed by atoms with Crippen LogP contribution in [0.5, 0.6) is 5.75 Å². The van der Waals surface area contributed by atoms with E-state index in [0.717, 1.165) is 12.8 Å². The molecule has 1 aromatic carbocycles. The number of anilines is 1. The molecule has 1 N–H and O–H groups in total. The molecule has 114 valence electrons. The van der Waals surface area contributed by atoms with Crippen LogP contribution in [0.25, 0.3) is 0 Å². The monoisotopic (exact) mass is 291 g/mol. The number of esters is 1. The molecule has 1 saturated carbocycles. The van der Waals surface area contributed by atoms with Crippen molar-refractivity contribution in [2.75, 3.05) is 11.9 Å². The maximum absolute atomic E-state index is 11.9. The third-order valence-electron chi connectivity index (χ3n) is 3.52. The second kappa shape index (κ2) is 7.67. The maximum atomic E-state index is 11.9. The van der Waals surface area contributed by atoms with Crippen LogP contribution in [0, 0.1) is 5.92 Å². The Morgan fingerprint density at radius 2 is 2.05 bits per heavy atom. The summed E-state index contributed by atoms with van der Waals surface area (Å²) in [6, 6.07) is 6.75. The van der Waals surface area contributed by atoms with Crippen LogP contribution in [0.3, 0.4) is 0 Å². The molecule has 21 heavy (non-hydrogen) atoms. The number of nitrogens with one attached hydrogen (secondary N) is 1. The van der Waals surface area contributed by atoms with Crippen molar-refractivity contribution in [3.05, 3.63) is 24.3 Å². The first-order chi connectivity index (χ1) is 10.2. The Labute approximate surface area is 124 Å². The second-order valence-corrected chi connectivity index (χ2v) is 5.20. The Morgan fingerprint density at radius 3 is 2.76 bits per heavy atom. The van der Waals surface area contributed by atoms with Gasteiger partial charge in [0, 0.05) is 18.2 Å². The highest BCUT2D eigenvalue weighted by Crippen LogP contribution is 2.28. The van der Waals surface area contributed by atoms with Gasteiger partial charge in [0.15, 0.2) is 0 Å². The summed E-state index contributed by atoms with van der Waals surface area (Å²) in [5, 5.41) is 2.58. The summed E-state index contributed by atoms with van der Waals surface area (Å²) < 4.78 is 10.1. The third kappa shape index (κ3) is 5.10. The van der Waals surface area contributed by atoms with Gasteiger partial charge in [0.1, 0.15) is 5.75 Å². The van der Waals surface area contributed by atoms with Crippen LogP contribution >= 0.6 is 0 Å². The lowest BCUT2D eigenvalue weighted by molar-refractivity contribution is -0.135. The van der Waals surface area contributed by atoms with E-state index in [4.69, 9.17) is 9.47 Å². The first-order valence-corrected chi connectivity index (χ1v) is 7.42. The zero-order chi connectivity index (χ0) is 15.1. The molecule has 1 aliphatic carbocycles. The number of ether oxygens (including phenoxy) is 2. The van der Waals surface area contributed by atoms with Crippen LogP contribution in [0.1, 0.15) is 39.0 Å². The van der Waals surface area contributed by atoms with Crippen LogP contribution in [-0.2, 0) is 9.53 Å². The Morgan fingerprint density at radius 1 is 1.29 bits per heavy atom. The normalized spacial score (nSPS) is 14.7. The van der Waals surface area contributed by atoms with Gasteiger partial charge in [0.2, 0.25) is 0 Å². The van der Waals surface area contributed by atoms with E-state index in [9.17, 15) is 9.59 Å². The number of rotatable bonds is 5. The fraction of sp³-hybridized carbons (Fsp3) is 0.500. The molecule has 0 aliphatic heterocycles. The quantitative estimate of drug-likeness (QED) is 0.663. The van der Waals surface area contributed by atoms with E-state index >= 15 is 0 Å². The van der Waals surface area contributed by atoms with E-state index in [2.05, 4.69) is 5.32 Å². The van der Waals surface area contributed by atoms with E-state index in [1.807, 2.05) is 0 Å². The molecule has 0 radical (unpaired) electrons. The van der Waals surface area contributed by atoms with E-state index in [-0.39, 0.29) is 5.97 Å². The minimum atomic E-state index is -0.521. The Kier molecular flexibility index (Phi) is 5.60. The molecule has 2 rings (SSSR count). The van der Waals surface area contributed by atoms with Crippen LogP contribution in [0.2, 0.25) is 0 Å². The van der Waals surface area contributed by atoms with E-state index in [1.54, 1.807) is 31.2 Å². The third-order valence-corrected chi connectivity index (χ3v) is 3.52. The fourth-order valence-corrected chi connectivity index (χ4v) is 2.55. The Balaban J connectivity index is 1.87. The van der Waals surface area contributed by atoms with E-state index < -0.39 is 6.09 Å². The van der Waals surface area contributed by atoms with Crippen LogP contribution in [0.15, 0.2) is 24.3 Å². The Hall–Kier alpha value is -2.04. The lowest BCUT2D eigenvalue weighted by Gasteiger charge is -2.10. The number of carbonyl (C=O) groups is 2. The van der Waals surface area contributed by atoms with Gasteiger partial charge >= 0.3 is 12.1 Å². The molecule has 5 heteroatoms. The summed E-state index contributed by atoms with van der Waals surface area (Å²) >= 11 is 0. The van der Waals surface area contributed by atoms with Gasteiger partial charge in [0.25, 0.3) is 0 Å². The number of carbonyl (C=O) groups excluding carboxylic acids is 2. The summed E-state index contributed by atoms with van der Waals surface area (Å²) in [7, 11) is 0. The zero-order valence-corrected chi connectivity index (χ0v) is 12.3. The standard InChI is InChI=1S/C16H21NO4/c1-2-20-16(19)17-13-8-5-9-14(11-13)21-15(18)10-12-6-3-4-7-12/h5,8-9,11-12H,2-4,6-7,10H2,1H3,(H,17,19). The van der Waals surface area contributed by atoms with Crippen LogP contribution in [0.4, 0.5) is 10.5 Å². The van der Waals surface area contributed by atoms with E-state index in [1.165, 1.54) is 12.8 Å². The first kappa shape index (κ1) is 15.4. The van der Waals surface area contributed by atoms with Crippen molar-refractivity contribution in [1.82, 2.24) is 0 Å². The molecule has 1 amide bonds. The molecule has 0 atom stereocenters. The molecule has 1 aromatic rings. The zero-order valence-electron chi connectivity index (χ0n) is 12.3. The predicted octanol–water partition coefficient (Wildman–Crippen LogP) is 3.74. The van der Waals surface area contributed by atoms with Gasteiger partial charge in [-0.1, -0.05) is 18.9 Å². The summed E-state index contributed by atoms with van der Waals surface area (Å²) in [5.41, 5.74) is 0.541. The highest BCUT2D eigenvalue weighted by atomic mass is 16.5. The maximum Gasteiger partial charge on any atom is 0.411 e. The predicted molar refractivity (Wildman–Crippen MR) is 79.3 cm³/mol. The lowest BCUT2D eigenvalue weighted by atomic mass is 10.0. The minimum absolute atomic E-state index is 0.213. The molecular formula is C16H21NO4. The number of hydrogen-bond acceptors (Lipinski definition) is 4. The molecular weight excluding hydrogens is 270 g/mol. The topological polar surface area (TPSA) is 64.6 Å². The van der Waals surface area contributed by atoms with Crippen molar-refractivity contribution in [2.45, 2.75) is 39.0 Å². The van der Waals surface area contributed by atoms with Gasteiger partial charge in [0.05, 0.1) is 6.61 Å². The number of amides is 1. The fourth-order valence-electron chi connectivity index (χ4n) is 2.55. The summed E-state index contributed by atoms with van der Waals surface area (Å²) in [6.07, 6.45) is 4.58. The molecule has 0 spiro atoms. The lowest BCUT2D eigenvalue weighted by Crippen LogP contribution is -2.14. The van der Waals surface area contributed by atoms with Gasteiger partial charge in [-0.25, -0.2) is 4.79 Å². The van der Waals surface area contributed by atoms with Crippen molar-refractivity contribution in [2.24, 2.45) is 5.92 Å². The second-order valence-electron chi connectivity index (χ2n) is 5.20. The van der Waals surface area contributed by atoms with Gasteiger partial charge in [-0.05, 0) is 37.8 Å². The molecule has 0 heterocycles. The van der Waals surface area contributed by atoms with Crippen molar-refractivity contribution < 1.29 is 19.1 Å². The number of hydrogen-bond donors (Lipinski definition) is 1. The summed E-state index contributed by atoms with van der Waals surface area (Å²) in [5.74, 6) is 0.681. The SMILES string of the molecule is CCOC(=O)Nc1cccc(OC(=O)CC2CCCC2)c1. The molecule has 0 unspecified atom stereocenters. The molecule has 0 bridgehead atoms. The smallest absolute Gasteiger partial charge is 0.411 e. The molecule has 1 fully saturated rings. The highest BCUT2D eigenvalue weighted by Gasteiger charge is 2.19. The summed E-state index contributed by atoms with van der Waals surface area (Å²) in [4.78, 5) is 23.2. The molecule has 0 saturated heterocycles. The molecule has 0 aromatic heterocycles. The minimum Gasteiger partial charge on any atom is -0.450 e. The van der Waals surface area contributed by atoms with Crippen molar-refractivity contribution in [1.29, 1.82) is 0 Å².